The van der Waals surface area contributed by atoms with Crippen LogP contribution in [0.5, 0.6) is 11.5 Å². The summed E-state index contributed by atoms with van der Waals surface area (Å²) in [5, 5.41) is 7.76. The van der Waals surface area contributed by atoms with E-state index in [0.717, 1.165) is 11.8 Å². The number of nitrogens with zero attached hydrogens (tertiary/aromatic N) is 3. The van der Waals surface area contributed by atoms with Crippen LogP contribution in [0, 0.1) is 0 Å². The normalized spacial score (nSPS) is 23.5. The molecule has 0 radical (unpaired) electrons. The number of sulfone groups is 1. The smallest absolute Gasteiger partial charge is 0.277 e. The Bertz CT molecular complexity index is 1010. The molecule has 1 aromatic carbocycles. The molecule has 1 amide bonds. The lowest BCUT2D eigenvalue weighted by Gasteiger charge is -2.25. The molecule has 156 valence electrons. The van der Waals surface area contributed by atoms with Gasteiger partial charge in [0.15, 0.2) is 21.3 Å². The van der Waals surface area contributed by atoms with Gasteiger partial charge in [-0.05, 0) is 25.5 Å². The minimum absolute atomic E-state index is 0.0117. The summed E-state index contributed by atoms with van der Waals surface area (Å²) in [6.07, 6.45) is -0.0585. The van der Waals surface area contributed by atoms with Crippen LogP contribution in [0.2, 0.25) is 0 Å². The van der Waals surface area contributed by atoms with Gasteiger partial charge in [0.05, 0.1) is 16.8 Å². The third-order valence-corrected chi connectivity index (χ3v) is 7.61. The second kappa shape index (κ2) is 7.86. The van der Waals surface area contributed by atoms with E-state index in [4.69, 9.17) is 13.9 Å². The number of carbonyl (C=O) groups is 1. The van der Waals surface area contributed by atoms with Crippen molar-refractivity contribution in [2.24, 2.45) is 0 Å². The summed E-state index contributed by atoms with van der Waals surface area (Å²) >= 11 is 1.13. The summed E-state index contributed by atoms with van der Waals surface area (Å²) in [5.41, 5.74) is 0. The van der Waals surface area contributed by atoms with Crippen molar-refractivity contribution < 1.29 is 27.1 Å². The minimum atomic E-state index is -3.06. The predicted molar refractivity (Wildman–Crippen MR) is 105 cm³/mol. The highest BCUT2D eigenvalue weighted by atomic mass is 32.2. The molecule has 2 aliphatic heterocycles. The van der Waals surface area contributed by atoms with Gasteiger partial charge in [-0.2, -0.15) is 0 Å². The molecular formula is C18H21N3O6S2. The maximum absolute atomic E-state index is 12.7. The first kappa shape index (κ1) is 20.0. The molecule has 2 aromatic rings. The van der Waals surface area contributed by atoms with E-state index < -0.39 is 21.2 Å². The SMILES string of the molecule is CC(Sc1nnc(C2COc3ccccc3O2)o1)C(=O)N(C)C1CCS(=O)(=O)C1. The van der Waals surface area contributed by atoms with Crippen LogP contribution in [0.15, 0.2) is 33.9 Å². The topological polar surface area (TPSA) is 112 Å². The van der Waals surface area contributed by atoms with Crippen LogP contribution < -0.4 is 9.47 Å². The van der Waals surface area contributed by atoms with Gasteiger partial charge in [0.2, 0.25) is 12.0 Å². The van der Waals surface area contributed by atoms with E-state index in [1.165, 1.54) is 4.90 Å². The highest BCUT2D eigenvalue weighted by molar-refractivity contribution is 8.00. The highest BCUT2D eigenvalue weighted by Crippen LogP contribution is 2.36. The average molecular weight is 440 g/mol. The Kier molecular flexibility index (Phi) is 5.43. The standard InChI is InChI=1S/C18H21N3O6S2/c1-11(17(22)21(2)12-7-8-29(23,24)10-12)28-18-20-19-16(27-18)15-9-25-13-5-3-4-6-14(13)26-15/h3-6,11-12,15H,7-10H2,1-2H3. The van der Waals surface area contributed by atoms with E-state index >= 15 is 0 Å². The Balaban J connectivity index is 1.37. The van der Waals surface area contributed by atoms with Gasteiger partial charge < -0.3 is 18.8 Å². The van der Waals surface area contributed by atoms with Crippen LogP contribution >= 0.6 is 11.8 Å². The first-order chi connectivity index (χ1) is 13.8. The van der Waals surface area contributed by atoms with E-state index in [1.54, 1.807) is 20.0 Å². The molecule has 3 unspecified atom stereocenters. The molecule has 0 saturated carbocycles. The second-order valence-corrected chi connectivity index (χ2v) is 10.6. The molecule has 0 bridgehead atoms. The van der Waals surface area contributed by atoms with Crippen molar-refractivity contribution in [2.75, 3.05) is 25.2 Å². The number of thioether (sulfide) groups is 1. The number of fused-ring (bicyclic) bond motifs is 1. The molecule has 2 aliphatic rings. The lowest BCUT2D eigenvalue weighted by Crippen LogP contribution is -2.41. The van der Waals surface area contributed by atoms with Gasteiger partial charge >= 0.3 is 0 Å². The summed E-state index contributed by atoms with van der Waals surface area (Å²) in [5.74, 6) is 1.50. The molecule has 9 nitrogen and oxygen atoms in total. The van der Waals surface area contributed by atoms with E-state index in [1.807, 2.05) is 18.2 Å². The largest absolute Gasteiger partial charge is 0.485 e. The van der Waals surface area contributed by atoms with Gasteiger partial charge in [0.25, 0.3) is 11.1 Å². The highest BCUT2D eigenvalue weighted by Gasteiger charge is 2.35. The molecule has 1 fully saturated rings. The van der Waals surface area contributed by atoms with Crippen molar-refractivity contribution in [3.05, 3.63) is 30.2 Å². The number of aromatic nitrogens is 2. The number of hydrogen-bond donors (Lipinski definition) is 0. The van der Waals surface area contributed by atoms with Crippen LogP contribution in [-0.2, 0) is 14.6 Å². The monoisotopic (exact) mass is 439 g/mol. The molecule has 4 rings (SSSR count). The van der Waals surface area contributed by atoms with E-state index in [9.17, 15) is 13.2 Å². The fourth-order valence-electron chi connectivity index (χ4n) is 3.29. The lowest BCUT2D eigenvalue weighted by molar-refractivity contribution is -0.130. The molecule has 1 saturated heterocycles. The summed E-state index contributed by atoms with van der Waals surface area (Å²) in [4.78, 5) is 14.2. The summed E-state index contributed by atoms with van der Waals surface area (Å²) in [6.45, 7) is 1.98. The number of rotatable bonds is 5. The Labute approximate surface area is 172 Å². The average Bonchev–Trinajstić information content (AvgIpc) is 3.32. The minimum Gasteiger partial charge on any atom is -0.485 e. The van der Waals surface area contributed by atoms with Gasteiger partial charge in [-0.25, -0.2) is 8.42 Å². The van der Waals surface area contributed by atoms with Crippen molar-refractivity contribution in [3.63, 3.8) is 0 Å². The number of ether oxygens (including phenoxy) is 2. The third kappa shape index (κ3) is 4.35. The van der Waals surface area contributed by atoms with Gasteiger partial charge in [0, 0.05) is 13.1 Å². The molecule has 0 spiro atoms. The van der Waals surface area contributed by atoms with Crippen LogP contribution in [0.1, 0.15) is 25.3 Å². The third-order valence-electron chi connectivity index (χ3n) is 4.94. The zero-order valence-corrected chi connectivity index (χ0v) is 17.6. The van der Waals surface area contributed by atoms with Crippen molar-refractivity contribution in [3.8, 4) is 11.5 Å². The second-order valence-electron chi connectivity index (χ2n) is 7.04. The Morgan fingerprint density at radius 2 is 2.03 bits per heavy atom. The number of hydrogen-bond acceptors (Lipinski definition) is 9. The first-order valence-corrected chi connectivity index (χ1v) is 11.9. The van der Waals surface area contributed by atoms with Crippen LogP contribution in [0.3, 0.4) is 0 Å². The van der Waals surface area contributed by atoms with Crippen molar-refractivity contribution in [1.29, 1.82) is 0 Å². The molecule has 11 heteroatoms. The molecule has 3 atom stereocenters. The van der Waals surface area contributed by atoms with E-state index in [-0.39, 0.29) is 41.2 Å². The quantitative estimate of drug-likeness (QED) is 0.643. The molecule has 1 aromatic heterocycles. The van der Waals surface area contributed by atoms with Gasteiger partial charge in [-0.3, -0.25) is 4.79 Å². The Morgan fingerprint density at radius 1 is 1.28 bits per heavy atom. The summed E-state index contributed by atoms with van der Waals surface area (Å²) in [7, 11) is -1.42. The number of para-hydroxylation sites is 2. The van der Waals surface area contributed by atoms with Gasteiger partial charge in [-0.15, -0.1) is 10.2 Å². The fraction of sp³-hybridized carbons (Fsp3) is 0.500. The zero-order chi connectivity index (χ0) is 20.6. The van der Waals surface area contributed by atoms with Gasteiger partial charge in [0.1, 0.15) is 6.61 Å². The van der Waals surface area contributed by atoms with Crippen molar-refractivity contribution in [1.82, 2.24) is 15.1 Å². The maximum atomic E-state index is 12.7. The van der Waals surface area contributed by atoms with E-state index in [2.05, 4.69) is 10.2 Å². The predicted octanol–water partition coefficient (Wildman–Crippen LogP) is 1.71. The molecule has 0 N–H and O–H groups in total. The zero-order valence-electron chi connectivity index (χ0n) is 16.0. The van der Waals surface area contributed by atoms with Crippen molar-refractivity contribution in [2.45, 2.75) is 36.0 Å². The molecule has 0 aliphatic carbocycles. The van der Waals surface area contributed by atoms with Gasteiger partial charge in [-0.1, -0.05) is 23.9 Å². The summed E-state index contributed by atoms with van der Waals surface area (Å²) in [6, 6.07) is 7.04. The summed E-state index contributed by atoms with van der Waals surface area (Å²) < 4.78 is 40.5. The lowest BCUT2D eigenvalue weighted by atomic mass is 10.2. The Hall–Kier alpha value is -2.27. The van der Waals surface area contributed by atoms with E-state index in [0.29, 0.717) is 17.9 Å². The van der Waals surface area contributed by atoms with Crippen LogP contribution in [0.25, 0.3) is 0 Å². The van der Waals surface area contributed by atoms with Crippen LogP contribution in [-0.4, -0.2) is 65.9 Å². The molecule has 3 heterocycles. The molecular weight excluding hydrogens is 418 g/mol. The fourth-order valence-corrected chi connectivity index (χ4v) is 5.85. The number of benzene rings is 1. The van der Waals surface area contributed by atoms with Crippen LogP contribution in [0.4, 0.5) is 0 Å². The maximum Gasteiger partial charge on any atom is 0.277 e. The first-order valence-electron chi connectivity index (χ1n) is 9.18. The Morgan fingerprint density at radius 3 is 2.76 bits per heavy atom. The molecule has 29 heavy (non-hydrogen) atoms. The number of carbonyl (C=O) groups excluding carboxylic acids is 1. The number of amides is 1. The van der Waals surface area contributed by atoms with Crippen molar-refractivity contribution >= 4 is 27.5 Å².